The van der Waals surface area contributed by atoms with Crippen molar-refractivity contribution in [2.75, 3.05) is 13.2 Å². The molecule has 1 aliphatic rings. The topological polar surface area (TPSA) is 27.7 Å². The van der Waals surface area contributed by atoms with Crippen LogP contribution < -0.4 is 4.74 Å². The van der Waals surface area contributed by atoms with E-state index in [0.29, 0.717) is 37.5 Å². The van der Waals surface area contributed by atoms with Crippen LogP contribution in [0.5, 0.6) is 5.75 Å². The summed E-state index contributed by atoms with van der Waals surface area (Å²) in [6.45, 7) is 5.81. The molecule has 1 saturated heterocycles. The van der Waals surface area contributed by atoms with Crippen LogP contribution in [0.25, 0.3) is 6.08 Å². The van der Waals surface area contributed by atoms with E-state index in [1.807, 2.05) is 6.92 Å². The Balaban J connectivity index is 1.83. The van der Waals surface area contributed by atoms with Crippen LogP contribution in [0.4, 0.5) is 26.3 Å². The van der Waals surface area contributed by atoms with Crippen LogP contribution in [-0.4, -0.2) is 13.2 Å². The second-order valence-corrected chi connectivity index (χ2v) is 7.14. The van der Waals surface area contributed by atoms with Gasteiger partial charge in [0, 0.05) is 29.2 Å². The highest BCUT2D eigenvalue weighted by atomic mass is 19.3. The second kappa shape index (κ2) is 9.32. The maximum Gasteiger partial charge on any atom is 0.432 e. The number of ether oxygens (including phenoxy) is 3. The maximum absolute atomic E-state index is 14.5. The van der Waals surface area contributed by atoms with E-state index in [4.69, 9.17) is 9.47 Å². The molecule has 0 amide bonds. The predicted octanol–water partition coefficient (Wildman–Crippen LogP) is 6.48. The molecule has 1 aliphatic heterocycles. The van der Waals surface area contributed by atoms with Gasteiger partial charge >= 0.3 is 6.11 Å². The van der Waals surface area contributed by atoms with Crippen molar-refractivity contribution in [3.8, 4) is 5.75 Å². The third kappa shape index (κ3) is 5.04. The molecule has 0 saturated carbocycles. The molecular formula is C22H20F6O3. The zero-order valence-electron chi connectivity index (χ0n) is 16.6. The molecule has 2 aromatic rings. The van der Waals surface area contributed by atoms with E-state index in [0.717, 1.165) is 18.9 Å². The lowest BCUT2D eigenvalue weighted by Gasteiger charge is -2.30. The van der Waals surface area contributed by atoms with E-state index in [1.54, 1.807) is 0 Å². The Kier molecular flexibility index (Phi) is 6.96. The SMILES string of the molecule is C=Cc1c(F)cc(OC(F)(F)c2c(F)cc(C3OCC(CCC)CO3)cc2F)cc1F. The molecule has 0 radical (unpaired) electrons. The van der Waals surface area contributed by atoms with Crippen LogP contribution in [0, 0.1) is 29.2 Å². The van der Waals surface area contributed by atoms with Crippen molar-refractivity contribution in [1.29, 1.82) is 0 Å². The maximum atomic E-state index is 14.5. The van der Waals surface area contributed by atoms with Crippen molar-refractivity contribution in [1.82, 2.24) is 0 Å². The molecule has 2 aromatic carbocycles. The summed E-state index contributed by atoms with van der Waals surface area (Å²) in [6, 6.07) is 2.24. The van der Waals surface area contributed by atoms with Crippen LogP contribution in [0.3, 0.4) is 0 Å². The summed E-state index contributed by atoms with van der Waals surface area (Å²) in [5, 5.41) is 0. The fourth-order valence-corrected chi connectivity index (χ4v) is 3.33. The fourth-order valence-electron chi connectivity index (χ4n) is 3.33. The first-order valence-electron chi connectivity index (χ1n) is 9.57. The summed E-state index contributed by atoms with van der Waals surface area (Å²) in [5.41, 5.74) is -2.37. The normalized spacial score (nSPS) is 19.3. The first-order chi connectivity index (χ1) is 14.7. The molecule has 0 atom stereocenters. The molecule has 1 heterocycles. The summed E-state index contributed by atoms with van der Waals surface area (Å²) in [5.74, 6) is -6.48. The monoisotopic (exact) mass is 446 g/mol. The molecule has 3 rings (SSSR count). The number of hydrogen-bond donors (Lipinski definition) is 0. The Bertz CT molecular complexity index is 908. The van der Waals surface area contributed by atoms with Crippen LogP contribution in [0.15, 0.2) is 30.8 Å². The first-order valence-corrected chi connectivity index (χ1v) is 9.57. The Morgan fingerprint density at radius 3 is 2.03 bits per heavy atom. The molecule has 31 heavy (non-hydrogen) atoms. The number of benzene rings is 2. The summed E-state index contributed by atoms with van der Waals surface area (Å²) in [7, 11) is 0. The van der Waals surface area contributed by atoms with E-state index in [9.17, 15) is 26.3 Å². The Morgan fingerprint density at radius 2 is 1.55 bits per heavy atom. The fraction of sp³-hybridized carbons (Fsp3) is 0.364. The Hall–Kier alpha value is -2.52. The molecule has 0 aromatic heterocycles. The third-order valence-electron chi connectivity index (χ3n) is 4.79. The van der Waals surface area contributed by atoms with Crippen LogP contribution in [0.2, 0.25) is 0 Å². The van der Waals surface area contributed by atoms with E-state index in [-0.39, 0.29) is 11.5 Å². The molecule has 0 bridgehead atoms. The van der Waals surface area contributed by atoms with E-state index >= 15 is 0 Å². The summed E-state index contributed by atoms with van der Waals surface area (Å²) in [4.78, 5) is 0. The van der Waals surface area contributed by atoms with Gasteiger partial charge in [-0.3, -0.25) is 0 Å². The minimum Gasteiger partial charge on any atom is -0.429 e. The van der Waals surface area contributed by atoms with E-state index in [1.165, 1.54) is 0 Å². The zero-order chi connectivity index (χ0) is 22.8. The highest BCUT2D eigenvalue weighted by Gasteiger charge is 2.42. The van der Waals surface area contributed by atoms with Gasteiger partial charge in [-0.15, -0.1) is 0 Å². The molecule has 3 nitrogen and oxygen atoms in total. The van der Waals surface area contributed by atoms with E-state index in [2.05, 4.69) is 11.3 Å². The Morgan fingerprint density at radius 1 is 1.00 bits per heavy atom. The molecule has 0 unspecified atom stereocenters. The quantitative estimate of drug-likeness (QED) is 0.456. The van der Waals surface area contributed by atoms with Crippen LogP contribution in [-0.2, 0) is 15.6 Å². The number of alkyl halides is 2. The van der Waals surface area contributed by atoms with Gasteiger partial charge in [0.25, 0.3) is 0 Å². The molecule has 1 fully saturated rings. The highest BCUT2D eigenvalue weighted by Crippen LogP contribution is 2.38. The van der Waals surface area contributed by atoms with Crippen LogP contribution >= 0.6 is 0 Å². The molecule has 0 aliphatic carbocycles. The zero-order valence-corrected chi connectivity index (χ0v) is 16.6. The standard InChI is InChI=1S/C22H20F6O3/c1-3-5-12-10-29-21(30-11-12)13-6-18(25)20(19(26)7-13)22(27,28)31-14-8-16(23)15(4-2)17(24)9-14/h4,6-9,12,21H,2-3,5,10-11H2,1H3. The highest BCUT2D eigenvalue weighted by molar-refractivity contribution is 5.50. The van der Waals surface area contributed by atoms with Gasteiger partial charge < -0.3 is 14.2 Å². The lowest BCUT2D eigenvalue weighted by atomic mass is 10.0. The lowest BCUT2D eigenvalue weighted by molar-refractivity contribution is -0.206. The van der Waals surface area contributed by atoms with Gasteiger partial charge in [-0.1, -0.05) is 26.0 Å². The van der Waals surface area contributed by atoms with Crippen molar-refractivity contribution in [3.63, 3.8) is 0 Å². The van der Waals surface area contributed by atoms with Crippen molar-refractivity contribution in [2.45, 2.75) is 32.2 Å². The van der Waals surface area contributed by atoms with Gasteiger partial charge in [-0.25, -0.2) is 17.6 Å². The second-order valence-electron chi connectivity index (χ2n) is 7.14. The number of hydrogen-bond acceptors (Lipinski definition) is 3. The smallest absolute Gasteiger partial charge is 0.429 e. The Labute approximate surface area is 175 Å². The number of halogens is 6. The van der Waals surface area contributed by atoms with Gasteiger partial charge in [-0.05, 0) is 18.6 Å². The summed E-state index contributed by atoms with van der Waals surface area (Å²) < 4.78 is 101. The van der Waals surface area contributed by atoms with E-state index < -0.39 is 52.5 Å². The van der Waals surface area contributed by atoms with Crippen LogP contribution in [0.1, 0.15) is 42.7 Å². The van der Waals surface area contributed by atoms with Gasteiger partial charge in [0.2, 0.25) is 0 Å². The lowest BCUT2D eigenvalue weighted by Crippen LogP contribution is -2.28. The average molecular weight is 446 g/mol. The number of rotatable bonds is 7. The molecule has 0 spiro atoms. The predicted molar refractivity (Wildman–Crippen MR) is 100 cm³/mol. The van der Waals surface area contributed by atoms with Gasteiger partial charge in [0.1, 0.15) is 34.6 Å². The van der Waals surface area contributed by atoms with Gasteiger partial charge in [-0.2, -0.15) is 8.78 Å². The summed E-state index contributed by atoms with van der Waals surface area (Å²) in [6.07, 6.45) is -3.03. The van der Waals surface area contributed by atoms with Crippen molar-refractivity contribution >= 4 is 6.08 Å². The van der Waals surface area contributed by atoms with Crippen molar-refractivity contribution in [3.05, 3.63) is 70.8 Å². The molecular weight excluding hydrogens is 426 g/mol. The molecule has 9 heteroatoms. The first kappa shape index (κ1) is 23.1. The van der Waals surface area contributed by atoms with Gasteiger partial charge in [0.05, 0.1) is 13.2 Å². The average Bonchev–Trinajstić information content (AvgIpc) is 2.67. The third-order valence-corrected chi connectivity index (χ3v) is 4.79. The molecule has 0 N–H and O–H groups in total. The minimum absolute atomic E-state index is 0.114. The minimum atomic E-state index is -4.55. The van der Waals surface area contributed by atoms with Crippen molar-refractivity contribution < 1.29 is 40.6 Å². The summed E-state index contributed by atoms with van der Waals surface area (Å²) >= 11 is 0. The van der Waals surface area contributed by atoms with Crippen molar-refractivity contribution in [2.24, 2.45) is 5.92 Å². The molecule has 168 valence electrons. The van der Waals surface area contributed by atoms with Gasteiger partial charge in [0.15, 0.2) is 6.29 Å². The largest absolute Gasteiger partial charge is 0.432 e.